The maximum atomic E-state index is 5.94. The minimum absolute atomic E-state index is 0.00353. The van der Waals surface area contributed by atoms with Gasteiger partial charge in [-0.15, -0.1) is 0 Å². The van der Waals surface area contributed by atoms with E-state index in [2.05, 4.69) is 14.5 Å². The van der Waals surface area contributed by atoms with E-state index in [0.29, 0.717) is 12.4 Å². The van der Waals surface area contributed by atoms with Crippen LogP contribution in [0.3, 0.4) is 0 Å². The Bertz CT molecular complexity index is 650. The SMILES string of the molecule is Cc1cnc(N)c2ncn(C[C@@H]3OC(C)(C)O[C@@H]3C)c12. The van der Waals surface area contributed by atoms with Gasteiger partial charge in [-0.05, 0) is 33.3 Å². The molecule has 2 N–H and O–H groups in total. The zero-order valence-electron chi connectivity index (χ0n) is 12.3. The number of hydrogen-bond donors (Lipinski definition) is 1. The van der Waals surface area contributed by atoms with E-state index in [1.807, 2.05) is 27.7 Å². The van der Waals surface area contributed by atoms with Crippen LogP contribution in [0.15, 0.2) is 12.5 Å². The molecule has 6 heteroatoms. The zero-order valence-corrected chi connectivity index (χ0v) is 12.3. The Morgan fingerprint density at radius 1 is 1.35 bits per heavy atom. The van der Waals surface area contributed by atoms with Gasteiger partial charge in [-0.3, -0.25) is 0 Å². The molecule has 1 fully saturated rings. The molecule has 2 aromatic rings. The van der Waals surface area contributed by atoms with E-state index in [9.17, 15) is 0 Å². The molecule has 1 saturated heterocycles. The van der Waals surface area contributed by atoms with Crippen LogP contribution in [0.4, 0.5) is 5.82 Å². The molecule has 108 valence electrons. The Hall–Kier alpha value is -1.66. The summed E-state index contributed by atoms with van der Waals surface area (Å²) in [6.45, 7) is 8.59. The Balaban J connectivity index is 1.94. The van der Waals surface area contributed by atoms with Gasteiger partial charge in [0.25, 0.3) is 0 Å². The fraction of sp³-hybridized carbons (Fsp3) is 0.571. The molecule has 0 aliphatic carbocycles. The van der Waals surface area contributed by atoms with Crippen molar-refractivity contribution in [2.45, 2.75) is 52.2 Å². The van der Waals surface area contributed by atoms with Gasteiger partial charge in [-0.25, -0.2) is 9.97 Å². The predicted molar refractivity (Wildman–Crippen MR) is 76.2 cm³/mol. The summed E-state index contributed by atoms with van der Waals surface area (Å²) in [6.07, 6.45) is 3.60. The first-order valence-electron chi connectivity index (χ1n) is 6.79. The van der Waals surface area contributed by atoms with Crippen molar-refractivity contribution in [2.24, 2.45) is 0 Å². The molecule has 20 heavy (non-hydrogen) atoms. The van der Waals surface area contributed by atoms with E-state index in [4.69, 9.17) is 15.2 Å². The lowest BCUT2D eigenvalue weighted by atomic mass is 10.2. The normalized spacial score (nSPS) is 25.4. The van der Waals surface area contributed by atoms with Gasteiger partial charge in [0.05, 0.1) is 24.5 Å². The highest BCUT2D eigenvalue weighted by Gasteiger charge is 2.38. The second kappa shape index (κ2) is 4.43. The molecule has 2 aromatic heterocycles. The summed E-state index contributed by atoms with van der Waals surface area (Å²) in [5.74, 6) is -0.0721. The minimum Gasteiger partial charge on any atom is -0.382 e. The van der Waals surface area contributed by atoms with Crippen LogP contribution in [-0.4, -0.2) is 32.5 Å². The number of rotatable bonds is 2. The summed E-state index contributed by atoms with van der Waals surface area (Å²) in [4.78, 5) is 8.50. The fourth-order valence-corrected chi connectivity index (χ4v) is 2.80. The summed E-state index contributed by atoms with van der Waals surface area (Å²) >= 11 is 0. The van der Waals surface area contributed by atoms with Crippen LogP contribution < -0.4 is 5.73 Å². The van der Waals surface area contributed by atoms with Crippen molar-refractivity contribution < 1.29 is 9.47 Å². The van der Waals surface area contributed by atoms with Crippen LogP contribution in [0.25, 0.3) is 11.0 Å². The molecule has 1 aliphatic rings. The molecule has 0 amide bonds. The third-order valence-corrected chi connectivity index (χ3v) is 3.66. The van der Waals surface area contributed by atoms with E-state index >= 15 is 0 Å². The smallest absolute Gasteiger partial charge is 0.163 e. The second-order valence-corrected chi connectivity index (χ2v) is 5.80. The molecule has 0 aromatic carbocycles. The number of fused-ring (bicyclic) bond motifs is 1. The van der Waals surface area contributed by atoms with E-state index in [-0.39, 0.29) is 12.2 Å². The number of nitrogens with zero attached hydrogens (tertiary/aromatic N) is 3. The largest absolute Gasteiger partial charge is 0.382 e. The van der Waals surface area contributed by atoms with Crippen LogP contribution >= 0.6 is 0 Å². The van der Waals surface area contributed by atoms with Crippen molar-refractivity contribution in [3.05, 3.63) is 18.1 Å². The fourth-order valence-electron chi connectivity index (χ4n) is 2.80. The van der Waals surface area contributed by atoms with Gasteiger partial charge in [0.15, 0.2) is 11.6 Å². The molecule has 0 spiro atoms. The van der Waals surface area contributed by atoms with Crippen LogP contribution in [0.5, 0.6) is 0 Å². The maximum Gasteiger partial charge on any atom is 0.163 e. The molecular weight excluding hydrogens is 256 g/mol. The highest BCUT2D eigenvalue weighted by atomic mass is 16.7. The van der Waals surface area contributed by atoms with E-state index in [1.165, 1.54) is 0 Å². The summed E-state index contributed by atoms with van der Waals surface area (Å²) in [7, 11) is 0. The van der Waals surface area contributed by atoms with E-state index < -0.39 is 5.79 Å². The summed E-state index contributed by atoms with van der Waals surface area (Å²) in [5, 5.41) is 0. The third-order valence-electron chi connectivity index (χ3n) is 3.66. The van der Waals surface area contributed by atoms with Crippen LogP contribution in [0.1, 0.15) is 26.3 Å². The number of aromatic nitrogens is 3. The van der Waals surface area contributed by atoms with E-state index in [1.54, 1.807) is 12.5 Å². The summed E-state index contributed by atoms with van der Waals surface area (Å²) in [6, 6.07) is 0. The number of nitrogens with two attached hydrogens (primary N) is 1. The third kappa shape index (κ3) is 2.14. The van der Waals surface area contributed by atoms with Gasteiger partial charge in [-0.2, -0.15) is 0 Å². The molecule has 1 aliphatic heterocycles. The van der Waals surface area contributed by atoms with Crippen LogP contribution in [0.2, 0.25) is 0 Å². The maximum absolute atomic E-state index is 5.94. The summed E-state index contributed by atoms with van der Waals surface area (Å²) < 4.78 is 13.8. The lowest BCUT2D eigenvalue weighted by Gasteiger charge is -2.17. The molecule has 2 atom stereocenters. The first kappa shape index (κ1) is 13.3. The Kier molecular flexibility index (Phi) is 2.95. The number of pyridine rings is 1. The number of nitrogen functional groups attached to an aromatic ring is 1. The monoisotopic (exact) mass is 276 g/mol. The van der Waals surface area contributed by atoms with Gasteiger partial charge < -0.3 is 19.8 Å². The average molecular weight is 276 g/mol. The molecule has 0 radical (unpaired) electrons. The van der Waals surface area contributed by atoms with Crippen molar-refractivity contribution in [3.8, 4) is 0 Å². The average Bonchev–Trinajstić information content (AvgIpc) is 2.87. The number of ether oxygens (including phenoxy) is 2. The first-order chi connectivity index (χ1) is 9.37. The number of aryl methyl sites for hydroxylation is 1. The number of imidazole rings is 1. The highest BCUT2D eigenvalue weighted by molar-refractivity contribution is 5.87. The first-order valence-corrected chi connectivity index (χ1v) is 6.79. The lowest BCUT2D eigenvalue weighted by Crippen LogP contribution is -2.25. The standard InChI is InChI=1S/C14H20N4O2/c1-8-5-16-13(15)11-12(8)18(7-17-11)6-10-9(2)19-14(3,4)20-10/h5,7,9-10H,6H2,1-4H3,(H2,15,16)/t9-,10+/m1/s1. The van der Waals surface area contributed by atoms with Crippen molar-refractivity contribution in [3.63, 3.8) is 0 Å². The Labute approximate surface area is 117 Å². The molecule has 3 heterocycles. The van der Waals surface area contributed by atoms with Crippen LogP contribution in [0, 0.1) is 6.92 Å². The molecule has 0 unspecified atom stereocenters. The van der Waals surface area contributed by atoms with Crippen molar-refractivity contribution in [2.75, 3.05) is 5.73 Å². The Morgan fingerprint density at radius 3 is 2.75 bits per heavy atom. The van der Waals surface area contributed by atoms with Gasteiger partial charge in [0, 0.05) is 6.20 Å². The molecule has 6 nitrogen and oxygen atoms in total. The molecule has 0 saturated carbocycles. The van der Waals surface area contributed by atoms with Crippen molar-refractivity contribution >= 4 is 16.9 Å². The predicted octanol–water partition coefficient (Wildman–Crippen LogP) is 1.86. The number of hydrogen-bond acceptors (Lipinski definition) is 5. The zero-order chi connectivity index (χ0) is 14.5. The molecule has 0 bridgehead atoms. The lowest BCUT2D eigenvalue weighted by molar-refractivity contribution is -0.145. The van der Waals surface area contributed by atoms with Gasteiger partial charge in [0.1, 0.15) is 11.6 Å². The Morgan fingerprint density at radius 2 is 2.10 bits per heavy atom. The summed E-state index contributed by atoms with van der Waals surface area (Å²) in [5.41, 5.74) is 8.69. The van der Waals surface area contributed by atoms with E-state index in [0.717, 1.165) is 16.6 Å². The van der Waals surface area contributed by atoms with Gasteiger partial charge >= 0.3 is 0 Å². The molecule has 3 rings (SSSR count). The van der Waals surface area contributed by atoms with Gasteiger partial charge in [-0.1, -0.05) is 0 Å². The quantitative estimate of drug-likeness (QED) is 0.906. The van der Waals surface area contributed by atoms with Crippen molar-refractivity contribution in [1.29, 1.82) is 0 Å². The second-order valence-electron chi connectivity index (χ2n) is 5.80. The van der Waals surface area contributed by atoms with Gasteiger partial charge in [0.2, 0.25) is 0 Å². The topological polar surface area (TPSA) is 75.2 Å². The molecular formula is C14H20N4O2. The highest BCUT2D eigenvalue weighted by Crippen LogP contribution is 2.30. The minimum atomic E-state index is -0.532. The van der Waals surface area contributed by atoms with Crippen molar-refractivity contribution in [1.82, 2.24) is 14.5 Å². The van der Waals surface area contributed by atoms with Crippen LogP contribution in [-0.2, 0) is 16.0 Å². The number of anilines is 1.